The minimum atomic E-state index is -2.96. The summed E-state index contributed by atoms with van der Waals surface area (Å²) in [6.07, 6.45) is 2.59. The highest BCUT2D eigenvalue weighted by Crippen LogP contribution is 2.40. The maximum absolute atomic E-state index is 12.3. The number of sulfone groups is 1. The van der Waals surface area contributed by atoms with Crippen LogP contribution < -0.4 is 0 Å². The van der Waals surface area contributed by atoms with Gasteiger partial charge in [0.2, 0.25) is 0 Å². The molecule has 2 aromatic heterocycles. The average Bonchev–Trinajstić information content (AvgIpc) is 3.15. The highest BCUT2D eigenvalue weighted by Gasteiger charge is 2.31. The van der Waals surface area contributed by atoms with Gasteiger partial charge in [0.1, 0.15) is 0 Å². The van der Waals surface area contributed by atoms with Crippen molar-refractivity contribution in [3.8, 4) is 10.4 Å². The van der Waals surface area contributed by atoms with Crippen LogP contribution in [0.1, 0.15) is 29.4 Å². The molecule has 4 rings (SSSR count). The molecule has 3 heterocycles. The Labute approximate surface area is 138 Å². The molecular formula is C17H16O2S3. The van der Waals surface area contributed by atoms with Crippen molar-refractivity contribution in [2.75, 3.05) is 5.75 Å². The lowest BCUT2D eigenvalue weighted by Crippen LogP contribution is -2.20. The molecule has 1 fully saturated rings. The van der Waals surface area contributed by atoms with Crippen molar-refractivity contribution in [1.82, 2.24) is 0 Å². The molecule has 1 aromatic carbocycles. The highest BCUT2D eigenvalue weighted by molar-refractivity contribution is 7.91. The maximum atomic E-state index is 12.3. The summed E-state index contributed by atoms with van der Waals surface area (Å²) in [5, 5.41) is 3.07. The monoisotopic (exact) mass is 348 g/mol. The predicted molar refractivity (Wildman–Crippen MR) is 95.5 cm³/mol. The van der Waals surface area contributed by atoms with Crippen LogP contribution in [0.2, 0.25) is 0 Å². The minimum absolute atomic E-state index is 0.287. The Morgan fingerprint density at radius 1 is 1.05 bits per heavy atom. The van der Waals surface area contributed by atoms with E-state index in [2.05, 4.69) is 35.7 Å². The summed E-state index contributed by atoms with van der Waals surface area (Å²) in [5.41, 5.74) is 1.18. The predicted octanol–water partition coefficient (Wildman–Crippen LogP) is 5.27. The zero-order valence-corrected chi connectivity index (χ0v) is 14.4. The van der Waals surface area contributed by atoms with Crippen molar-refractivity contribution in [1.29, 1.82) is 0 Å². The van der Waals surface area contributed by atoms with Gasteiger partial charge in [-0.25, -0.2) is 8.42 Å². The SMILES string of the molecule is O=S1(=O)CCCCC1c1ccc(-c2ccc3sccc3c2)s1. The Hall–Kier alpha value is -1.17. The number of benzene rings is 1. The van der Waals surface area contributed by atoms with Crippen molar-refractivity contribution in [3.05, 3.63) is 46.7 Å². The Kier molecular flexibility index (Phi) is 3.59. The third-order valence-electron chi connectivity index (χ3n) is 4.26. The van der Waals surface area contributed by atoms with Crippen LogP contribution in [0.5, 0.6) is 0 Å². The minimum Gasteiger partial charge on any atom is -0.228 e. The molecule has 0 aliphatic carbocycles. The summed E-state index contributed by atoms with van der Waals surface area (Å²) in [7, 11) is -2.96. The first-order valence-corrected chi connectivity index (χ1v) is 10.8. The molecule has 114 valence electrons. The molecule has 5 heteroatoms. The Bertz CT molecular complexity index is 918. The molecule has 0 bridgehead atoms. The molecule has 2 nitrogen and oxygen atoms in total. The topological polar surface area (TPSA) is 34.1 Å². The molecule has 0 N–H and O–H groups in total. The Balaban J connectivity index is 1.71. The van der Waals surface area contributed by atoms with Crippen molar-refractivity contribution in [3.63, 3.8) is 0 Å². The summed E-state index contributed by atoms with van der Waals surface area (Å²) < 4.78 is 25.8. The van der Waals surface area contributed by atoms with Crippen LogP contribution in [0.15, 0.2) is 41.8 Å². The van der Waals surface area contributed by atoms with Gasteiger partial charge in [0.25, 0.3) is 0 Å². The second-order valence-electron chi connectivity index (χ2n) is 5.73. The van der Waals surface area contributed by atoms with Gasteiger partial charge >= 0.3 is 0 Å². The molecule has 22 heavy (non-hydrogen) atoms. The molecular weight excluding hydrogens is 332 g/mol. The van der Waals surface area contributed by atoms with Crippen molar-refractivity contribution in [2.45, 2.75) is 24.5 Å². The van der Waals surface area contributed by atoms with E-state index in [0.717, 1.165) is 29.0 Å². The first-order valence-electron chi connectivity index (χ1n) is 7.42. The number of hydrogen-bond donors (Lipinski definition) is 0. The van der Waals surface area contributed by atoms with Gasteiger partial charge in [-0.15, -0.1) is 22.7 Å². The third-order valence-corrected chi connectivity index (χ3v) is 8.77. The number of fused-ring (bicyclic) bond motifs is 1. The zero-order valence-electron chi connectivity index (χ0n) is 12.0. The van der Waals surface area contributed by atoms with Crippen LogP contribution in [0.25, 0.3) is 20.5 Å². The van der Waals surface area contributed by atoms with Crippen molar-refractivity contribution >= 4 is 42.6 Å². The van der Waals surface area contributed by atoms with Crippen LogP contribution in [0, 0.1) is 0 Å². The van der Waals surface area contributed by atoms with E-state index in [1.165, 1.54) is 15.6 Å². The second kappa shape index (κ2) is 5.48. The summed E-state index contributed by atoms with van der Waals surface area (Å²) in [4.78, 5) is 2.16. The van der Waals surface area contributed by atoms with Gasteiger partial charge in [-0.3, -0.25) is 0 Å². The smallest absolute Gasteiger partial charge is 0.158 e. The molecule has 1 aliphatic rings. The summed E-state index contributed by atoms with van der Waals surface area (Å²) in [6, 6.07) is 12.7. The lowest BCUT2D eigenvalue weighted by Gasteiger charge is -2.20. The van der Waals surface area contributed by atoms with E-state index in [1.807, 2.05) is 6.07 Å². The number of thiophene rings is 2. The van der Waals surface area contributed by atoms with Gasteiger partial charge in [0.05, 0.1) is 11.0 Å². The molecule has 0 saturated carbocycles. The van der Waals surface area contributed by atoms with Gasteiger partial charge in [-0.05, 0) is 59.5 Å². The summed E-state index contributed by atoms with van der Waals surface area (Å²) in [6.45, 7) is 0. The van der Waals surface area contributed by atoms with E-state index < -0.39 is 9.84 Å². The standard InChI is InChI=1S/C17H16O2S3/c18-22(19)10-2-1-3-17(22)16-7-6-15(21-16)12-4-5-14-13(11-12)8-9-20-14/h4-9,11,17H,1-3,10H2. The van der Waals surface area contributed by atoms with E-state index in [4.69, 9.17) is 0 Å². The molecule has 1 atom stereocenters. The first-order chi connectivity index (χ1) is 10.6. The molecule has 0 radical (unpaired) electrons. The Morgan fingerprint density at radius 3 is 2.82 bits per heavy atom. The molecule has 1 saturated heterocycles. The van der Waals surface area contributed by atoms with E-state index in [0.29, 0.717) is 5.75 Å². The fraction of sp³-hybridized carbons (Fsp3) is 0.294. The summed E-state index contributed by atoms with van der Waals surface area (Å²) >= 11 is 3.37. The maximum Gasteiger partial charge on any atom is 0.158 e. The van der Waals surface area contributed by atoms with Gasteiger partial charge in [-0.2, -0.15) is 0 Å². The van der Waals surface area contributed by atoms with Gasteiger partial charge < -0.3 is 0 Å². The van der Waals surface area contributed by atoms with Crippen LogP contribution >= 0.6 is 22.7 Å². The fourth-order valence-corrected chi connectivity index (χ4v) is 7.30. The molecule has 3 aromatic rings. The zero-order chi connectivity index (χ0) is 15.2. The second-order valence-corrected chi connectivity index (χ2v) is 10.1. The normalized spacial score (nSPS) is 21.2. The van der Waals surface area contributed by atoms with E-state index in [9.17, 15) is 8.42 Å². The van der Waals surface area contributed by atoms with Crippen molar-refractivity contribution < 1.29 is 8.42 Å². The van der Waals surface area contributed by atoms with Crippen LogP contribution in [-0.2, 0) is 9.84 Å². The molecule has 1 unspecified atom stereocenters. The van der Waals surface area contributed by atoms with Gasteiger partial charge in [0.15, 0.2) is 9.84 Å². The summed E-state index contributed by atoms with van der Waals surface area (Å²) in [5.74, 6) is 0.339. The van der Waals surface area contributed by atoms with Gasteiger partial charge in [0, 0.05) is 14.5 Å². The van der Waals surface area contributed by atoms with Gasteiger partial charge in [-0.1, -0.05) is 12.5 Å². The van der Waals surface area contributed by atoms with Crippen LogP contribution in [0.3, 0.4) is 0 Å². The van der Waals surface area contributed by atoms with Crippen molar-refractivity contribution in [2.24, 2.45) is 0 Å². The quantitative estimate of drug-likeness (QED) is 0.632. The molecule has 0 spiro atoms. The van der Waals surface area contributed by atoms with Crippen LogP contribution in [0.4, 0.5) is 0 Å². The average molecular weight is 349 g/mol. The largest absolute Gasteiger partial charge is 0.228 e. The third kappa shape index (κ3) is 2.51. The molecule has 0 amide bonds. The van der Waals surface area contributed by atoms with E-state index in [1.54, 1.807) is 22.7 Å². The lowest BCUT2D eigenvalue weighted by molar-refractivity contribution is 0.548. The van der Waals surface area contributed by atoms with Crippen LogP contribution in [-0.4, -0.2) is 14.2 Å². The number of hydrogen-bond acceptors (Lipinski definition) is 4. The fourth-order valence-electron chi connectivity index (χ4n) is 3.07. The van der Waals surface area contributed by atoms with E-state index in [-0.39, 0.29) is 5.25 Å². The first kappa shape index (κ1) is 14.4. The highest BCUT2D eigenvalue weighted by atomic mass is 32.2. The number of rotatable bonds is 2. The van der Waals surface area contributed by atoms with E-state index >= 15 is 0 Å². The molecule has 1 aliphatic heterocycles. The Morgan fingerprint density at radius 2 is 1.95 bits per heavy atom. The lowest BCUT2D eigenvalue weighted by atomic mass is 10.1.